The summed E-state index contributed by atoms with van der Waals surface area (Å²) >= 11 is 0. The topological polar surface area (TPSA) is 60.8 Å². The monoisotopic (exact) mass is 273 g/mol. The van der Waals surface area contributed by atoms with Crippen LogP contribution in [0.1, 0.15) is 17.2 Å². The number of aromatic nitrogens is 1. The SMILES string of the molecule is COc1ncccc1C(O)c1ccc2c(c1)OCCO2. The van der Waals surface area contributed by atoms with Crippen LogP contribution in [0, 0.1) is 0 Å². The van der Waals surface area contributed by atoms with E-state index in [0.717, 1.165) is 0 Å². The van der Waals surface area contributed by atoms with E-state index >= 15 is 0 Å². The first kappa shape index (κ1) is 12.7. The summed E-state index contributed by atoms with van der Waals surface area (Å²) in [6.45, 7) is 1.06. The summed E-state index contributed by atoms with van der Waals surface area (Å²) < 4.78 is 16.2. The molecule has 5 heteroatoms. The molecular weight excluding hydrogens is 258 g/mol. The van der Waals surface area contributed by atoms with Gasteiger partial charge >= 0.3 is 0 Å². The maximum atomic E-state index is 10.5. The van der Waals surface area contributed by atoms with Crippen LogP contribution in [-0.2, 0) is 0 Å². The summed E-state index contributed by atoms with van der Waals surface area (Å²) in [5.74, 6) is 1.76. The van der Waals surface area contributed by atoms with Gasteiger partial charge in [-0.05, 0) is 29.8 Å². The van der Waals surface area contributed by atoms with Crippen molar-refractivity contribution in [2.75, 3.05) is 20.3 Å². The number of hydrogen-bond donors (Lipinski definition) is 1. The van der Waals surface area contributed by atoms with Gasteiger partial charge in [-0.1, -0.05) is 6.07 Å². The van der Waals surface area contributed by atoms with E-state index in [0.29, 0.717) is 41.7 Å². The Labute approximate surface area is 116 Å². The van der Waals surface area contributed by atoms with E-state index in [1.54, 1.807) is 30.5 Å². The molecule has 3 rings (SSSR count). The number of rotatable bonds is 3. The number of ether oxygens (including phenoxy) is 3. The van der Waals surface area contributed by atoms with Crippen LogP contribution in [-0.4, -0.2) is 30.4 Å². The maximum absolute atomic E-state index is 10.5. The van der Waals surface area contributed by atoms with Gasteiger partial charge in [-0.2, -0.15) is 0 Å². The van der Waals surface area contributed by atoms with Crippen molar-refractivity contribution < 1.29 is 19.3 Å². The Balaban J connectivity index is 1.96. The standard InChI is InChI=1S/C15H15NO4/c1-18-15-11(3-2-6-16-15)14(17)10-4-5-12-13(9-10)20-8-7-19-12/h2-6,9,14,17H,7-8H2,1H3. The fourth-order valence-electron chi connectivity index (χ4n) is 2.19. The highest BCUT2D eigenvalue weighted by Gasteiger charge is 2.19. The molecule has 20 heavy (non-hydrogen) atoms. The predicted octanol–water partition coefficient (Wildman–Crippen LogP) is 1.94. The van der Waals surface area contributed by atoms with Crippen molar-refractivity contribution in [1.82, 2.24) is 4.98 Å². The van der Waals surface area contributed by atoms with Gasteiger partial charge in [0.15, 0.2) is 11.5 Å². The van der Waals surface area contributed by atoms with Gasteiger partial charge in [-0.25, -0.2) is 4.98 Å². The number of pyridine rings is 1. The minimum absolute atomic E-state index is 0.412. The Morgan fingerprint density at radius 2 is 2.00 bits per heavy atom. The first-order valence-electron chi connectivity index (χ1n) is 6.36. The van der Waals surface area contributed by atoms with E-state index < -0.39 is 6.10 Å². The second kappa shape index (κ2) is 5.38. The van der Waals surface area contributed by atoms with Crippen molar-refractivity contribution in [3.63, 3.8) is 0 Å². The summed E-state index contributed by atoms with van der Waals surface area (Å²) in [6, 6.07) is 8.94. The molecule has 0 fully saturated rings. The molecule has 1 N–H and O–H groups in total. The average Bonchev–Trinajstić information content (AvgIpc) is 2.53. The van der Waals surface area contributed by atoms with Crippen LogP contribution in [0.2, 0.25) is 0 Å². The maximum Gasteiger partial charge on any atom is 0.219 e. The largest absolute Gasteiger partial charge is 0.486 e. The first-order valence-corrected chi connectivity index (χ1v) is 6.36. The van der Waals surface area contributed by atoms with E-state index in [4.69, 9.17) is 14.2 Å². The van der Waals surface area contributed by atoms with Crippen molar-refractivity contribution >= 4 is 0 Å². The van der Waals surface area contributed by atoms with Crippen LogP contribution >= 0.6 is 0 Å². The number of methoxy groups -OCH3 is 1. The zero-order valence-electron chi connectivity index (χ0n) is 11.1. The number of aliphatic hydroxyl groups is 1. The van der Waals surface area contributed by atoms with Gasteiger partial charge in [0.25, 0.3) is 0 Å². The summed E-state index contributed by atoms with van der Waals surface area (Å²) in [6.07, 6.45) is 0.799. The van der Waals surface area contributed by atoms with E-state index in [2.05, 4.69) is 4.98 Å². The van der Waals surface area contributed by atoms with Gasteiger partial charge in [0.2, 0.25) is 5.88 Å². The molecule has 1 aliphatic rings. The Hall–Kier alpha value is -2.27. The Morgan fingerprint density at radius 1 is 1.20 bits per heavy atom. The van der Waals surface area contributed by atoms with E-state index in [1.165, 1.54) is 7.11 Å². The lowest BCUT2D eigenvalue weighted by Crippen LogP contribution is -2.15. The van der Waals surface area contributed by atoms with Gasteiger partial charge in [0, 0.05) is 11.8 Å². The number of benzene rings is 1. The van der Waals surface area contributed by atoms with Gasteiger partial charge in [0.1, 0.15) is 19.3 Å². The molecule has 5 nitrogen and oxygen atoms in total. The molecule has 1 atom stereocenters. The molecule has 0 bridgehead atoms. The quantitative estimate of drug-likeness (QED) is 0.926. The number of hydrogen-bond acceptors (Lipinski definition) is 5. The van der Waals surface area contributed by atoms with Crippen LogP contribution < -0.4 is 14.2 Å². The Morgan fingerprint density at radius 3 is 2.80 bits per heavy atom. The fraction of sp³-hybridized carbons (Fsp3) is 0.267. The van der Waals surface area contributed by atoms with Crippen LogP contribution in [0.5, 0.6) is 17.4 Å². The van der Waals surface area contributed by atoms with Crippen LogP contribution in [0.15, 0.2) is 36.5 Å². The highest BCUT2D eigenvalue weighted by atomic mass is 16.6. The fourth-order valence-corrected chi connectivity index (χ4v) is 2.19. The predicted molar refractivity (Wildman–Crippen MR) is 72.3 cm³/mol. The first-order chi connectivity index (χ1) is 9.79. The molecule has 0 saturated carbocycles. The number of nitrogens with zero attached hydrogens (tertiary/aromatic N) is 1. The molecule has 2 aromatic rings. The smallest absolute Gasteiger partial charge is 0.219 e. The molecule has 1 unspecified atom stereocenters. The third-order valence-electron chi connectivity index (χ3n) is 3.17. The molecule has 1 aromatic heterocycles. The lowest BCUT2D eigenvalue weighted by molar-refractivity contribution is 0.169. The second-order valence-electron chi connectivity index (χ2n) is 4.41. The zero-order valence-corrected chi connectivity index (χ0v) is 11.1. The molecule has 1 aliphatic heterocycles. The van der Waals surface area contributed by atoms with E-state index in [9.17, 15) is 5.11 Å². The van der Waals surface area contributed by atoms with Gasteiger partial charge in [0.05, 0.1) is 7.11 Å². The number of aliphatic hydroxyl groups excluding tert-OH is 1. The summed E-state index contributed by atoms with van der Waals surface area (Å²) in [4.78, 5) is 4.09. The highest BCUT2D eigenvalue weighted by molar-refractivity contribution is 5.47. The lowest BCUT2D eigenvalue weighted by atomic mass is 10.0. The van der Waals surface area contributed by atoms with Crippen LogP contribution in [0.25, 0.3) is 0 Å². The minimum Gasteiger partial charge on any atom is -0.486 e. The van der Waals surface area contributed by atoms with Gasteiger partial charge < -0.3 is 19.3 Å². The molecule has 104 valence electrons. The van der Waals surface area contributed by atoms with Gasteiger partial charge in [-0.3, -0.25) is 0 Å². The third-order valence-corrected chi connectivity index (χ3v) is 3.17. The molecule has 0 saturated heterocycles. The highest BCUT2D eigenvalue weighted by Crippen LogP contribution is 2.35. The number of fused-ring (bicyclic) bond motifs is 1. The second-order valence-corrected chi connectivity index (χ2v) is 4.41. The normalized spacial score (nSPS) is 14.7. The Bertz CT molecular complexity index is 615. The van der Waals surface area contributed by atoms with Crippen LogP contribution in [0.4, 0.5) is 0 Å². The molecule has 0 spiro atoms. The van der Waals surface area contributed by atoms with Crippen molar-refractivity contribution in [2.24, 2.45) is 0 Å². The van der Waals surface area contributed by atoms with Crippen molar-refractivity contribution in [2.45, 2.75) is 6.10 Å². The zero-order chi connectivity index (χ0) is 13.9. The average molecular weight is 273 g/mol. The summed E-state index contributed by atoms with van der Waals surface area (Å²) in [7, 11) is 1.53. The molecule has 0 aliphatic carbocycles. The third kappa shape index (κ3) is 2.28. The lowest BCUT2D eigenvalue weighted by Gasteiger charge is -2.20. The van der Waals surface area contributed by atoms with Crippen molar-refractivity contribution in [3.05, 3.63) is 47.7 Å². The molecular formula is C15H15NO4. The van der Waals surface area contributed by atoms with E-state index in [-0.39, 0.29) is 0 Å². The summed E-state index contributed by atoms with van der Waals surface area (Å²) in [5.41, 5.74) is 1.33. The van der Waals surface area contributed by atoms with Crippen molar-refractivity contribution in [1.29, 1.82) is 0 Å². The minimum atomic E-state index is -0.825. The van der Waals surface area contributed by atoms with E-state index in [1.807, 2.05) is 6.07 Å². The van der Waals surface area contributed by atoms with Gasteiger partial charge in [-0.15, -0.1) is 0 Å². The summed E-state index contributed by atoms with van der Waals surface area (Å²) in [5, 5.41) is 10.5. The molecule has 0 amide bonds. The molecule has 1 aromatic carbocycles. The van der Waals surface area contributed by atoms with Crippen molar-refractivity contribution in [3.8, 4) is 17.4 Å². The molecule has 2 heterocycles. The van der Waals surface area contributed by atoms with Crippen LogP contribution in [0.3, 0.4) is 0 Å². The Kier molecular flexibility index (Phi) is 3.43. The molecule has 0 radical (unpaired) electrons.